The number of nitrogens with zero attached hydrogens (tertiary/aromatic N) is 4. The Morgan fingerprint density at radius 2 is 1.82 bits per heavy atom. The molecule has 1 aliphatic heterocycles. The predicted octanol–water partition coefficient (Wildman–Crippen LogP) is 5.66. The number of aromatic nitrogens is 1. The monoisotopic (exact) mass is 572 g/mol. The number of aliphatic carboxylic acids is 1. The van der Waals surface area contributed by atoms with Crippen molar-refractivity contribution in [2.45, 2.75) is 19.8 Å². The third-order valence-corrected chi connectivity index (χ3v) is 6.36. The molecule has 9 nitrogen and oxygen atoms in total. The first-order valence-corrected chi connectivity index (χ1v) is 12.7. The van der Waals surface area contributed by atoms with E-state index in [1.54, 1.807) is 13.0 Å². The van der Waals surface area contributed by atoms with Crippen molar-refractivity contribution in [3.63, 3.8) is 0 Å². The van der Waals surface area contributed by atoms with Gasteiger partial charge in [0, 0.05) is 49.1 Å². The van der Waals surface area contributed by atoms with E-state index >= 15 is 13.2 Å². The van der Waals surface area contributed by atoms with Crippen LogP contribution in [0, 0.1) is 28.8 Å². The first kappa shape index (κ1) is 28.7. The number of urea groups is 1. The van der Waals surface area contributed by atoms with Gasteiger partial charge in [0.25, 0.3) is 0 Å². The van der Waals surface area contributed by atoms with Gasteiger partial charge in [-0.25, -0.2) is 22.9 Å². The molecule has 2 amide bonds. The minimum atomic E-state index is -1.10. The number of fused-ring (bicyclic) bond motifs is 3. The molecule has 0 bridgehead atoms. The fourth-order valence-corrected chi connectivity index (χ4v) is 4.57. The molecule has 0 aliphatic carbocycles. The van der Waals surface area contributed by atoms with E-state index in [9.17, 15) is 14.9 Å². The summed E-state index contributed by atoms with van der Waals surface area (Å²) in [5.74, 6) is -3.96. The molecular weight excluding hydrogens is 549 g/mol. The maximum Gasteiger partial charge on any atom is 0.334 e. The van der Waals surface area contributed by atoms with Crippen molar-refractivity contribution in [1.29, 1.82) is 5.26 Å². The summed E-state index contributed by atoms with van der Waals surface area (Å²) in [6.45, 7) is 2.79. The van der Waals surface area contributed by atoms with Gasteiger partial charge in [-0.15, -0.1) is 0 Å². The van der Waals surface area contributed by atoms with Crippen LogP contribution in [0.3, 0.4) is 0 Å². The van der Waals surface area contributed by atoms with E-state index in [2.05, 4.69) is 15.6 Å². The Morgan fingerprint density at radius 1 is 1.10 bits per heavy atom. The van der Waals surface area contributed by atoms with E-state index in [1.165, 1.54) is 18.3 Å². The molecule has 4 rings (SSSR count). The number of carbonyl (C=O) groups excluding carboxylic acids is 1. The molecule has 0 radical (unpaired) electrons. The highest BCUT2D eigenvalue weighted by Crippen LogP contribution is 2.47. The van der Waals surface area contributed by atoms with Gasteiger partial charge < -0.3 is 15.7 Å². The van der Waals surface area contributed by atoms with Crippen LogP contribution in [-0.2, 0) is 4.79 Å². The van der Waals surface area contributed by atoms with E-state index in [0.29, 0.717) is 24.4 Å². The summed E-state index contributed by atoms with van der Waals surface area (Å²) in [6, 6.07) is 6.44. The molecule has 3 N–H and O–H groups in total. The van der Waals surface area contributed by atoms with E-state index < -0.39 is 35.1 Å². The number of amides is 2. The van der Waals surface area contributed by atoms with Crippen LogP contribution in [0.15, 0.2) is 36.5 Å². The minimum absolute atomic E-state index is 0.0278. The molecule has 2 aromatic carbocycles. The number of halogens is 4. The summed E-state index contributed by atoms with van der Waals surface area (Å²) >= 11 is 6.14. The highest BCUT2D eigenvalue weighted by molar-refractivity contribution is 6.31. The van der Waals surface area contributed by atoms with E-state index in [0.717, 1.165) is 23.1 Å². The summed E-state index contributed by atoms with van der Waals surface area (Å²) < 4.78 is 46.7. The van der Waals surface area contributed by atoms with Crippen molar-refractivity contribution in [2.75, 3.05) is 41.3 Å². The highest BCUT2D eigenvalue weighted by atomic mass is 35.5. The first-order chi connectivity index (χ1) is 19.2. The van der Waals surface area contributed by atoms with Crippen LogP contribution in [0.2, 0.25) is 5.02 Å². The van der Waals surface area contributed by atoms with Gasteiger partial charge in [-0.1, -0.05) is 11.6 Å². The number of rotatable bonds is 10. The normalized spacial score (nSPS) is 12.4. The van der Waals surface area contributed by atoms with Gasteiger partial charge in [-0.3, -0.25) is 14.6 Å². The van der Waals surface area contributed by atoms with Gasteiger partial charge in [-0.05, 0) is 50.2 Å². The Labute approximate surface area is 232 Å². The van der Waals surface area contributed by atoms with Crippen LogP contribution in [0.1, 0.15) is 25.3 Å². The quantitative estimate of drug-likeness (QED) is 0.268. The second-order valence-corrected chi connectivity index (χ2v) is 9.25. The Hall–Kier alpha value is -4.34. The smallest absolute Gasteiger partial charge is 0.334 e. The van der Waals surface area contributed by atoms with Crippen LogP contribution in [0.25, 0.3) is 11.1 Å². The van der Waals surface area contributed by atoms with Crippen molar-refractivity contribution in [2.24, 2.45) is 0 Å². The van der Waals surface area contributed by atoms with Gasteiger partial charge in [0.2, 0.25) is 0 Å². The zero-order valence-electron chi connectivity index (χ0n) is 21.3. The number of pyridine rings is 1. The average Bonchev–Trinajstić information content (AvgIpc) is 2.99. The van der Waals surface area contributed by atoms with Crippen LogP contribution < -0.4 is 20.4 Å². The number of benzene rings is 2. The molecule has 13 heteroatoms. The molecule has 40 heavy (non-hydrogen) atoms. The molecule has 2 heterocycles. The standard InChI is InChI=1S/C27H24ClF3N6O3/c1-2-36-26-18(10-16(28)14-35-26)24-19(29)8-15(13-32)9-22(24)37(27(36)40)25-20(30)11-17(12-21(25)31)34-7-6-33-5-3-4-23(38)39/h8-12,14,33-34H,2-7H2,1H3,(H,38,39). The summed E-state index contributed by atoms with van der Waals surface area (Å²) in [6.07, 6.45) is 1.74. The van der Waals surface area contributed by atoms with Crippen molar-refractivity contribution in [3.05, 3.63) is 64.6 Å². The van der Waals surface area contributed by atoms with Crippen LogP contribution in [0.5, 0.6) is 0 Å². The number of nitrogens with one attached hydrogen (secondary N) is 2. The first-order valence-electron chi connectivity index (χ1n) is 12.3. The molecule has 0 saturated heterocycles. The molecule has 0 atom stereocenters. The Kier molecular flexibility index (Phi) is 8.77. The third-order valence-electron chi connectivity index (χ3n) is 6.15. The number of hydrogen-bond acceptors (Lipinski definition) is 6. The van der Waals surface area contributed by atoms with Crippen LogP contribution >= 0.6 is 11.6 Å². The van der Waals surface area contributed by atoms with Crippen molar-refractivity contribution < 1.29 is 27.9 Å². The SMILES string of the molecule is CCN1C(=O)N(c2c(F)cc(NCCNCCCC(=O)O)cc2F)c2cc(C#N)cc(F)c2-c2cc(Cl)cnc21. The summed E-state index contributed by atoms with van der Waals surface area (Å²) in [4.78, 5) is 30.4. The van der Waals surface area contributed by atoms with E-state index in [-0.39, 0.29) is 58.4 Å². The lowest BCUT2D eigenvalue weighted by atomic mass is 10.0. The average molecular weight is 573 g/mol. The second-order valence-electron chi connectivity index (χ2n) is 8.81. The topological polar surface area (TPSA) is 122 Å². The molecule has 208 valence electrons. The zero-order chi connectivity index (χ0) is 29.0. The number of carbonyl (C=O) groups is 2. The lowest BCUT2D eigenvalue weighted by Gasteiger charge is -2.28. The van der Waals surface area contributed by atoms with Gasteiger partial charge in [0.1, 0.15) is 17.3 Å². The van der Waals surface area contributed by atoms with Crippen LogP contribution in [0.4, 0.5) is 40.8 Å². The number of nitriles is 1. The molecule has 0 unspecified atom stereocenters. The Bertz CT molecular complexity index is 1490. The van der Waals surface area contributed by atoms with E-state index in [4.69, 9.17) is 16.7 Å². The fourth-order valence-electron chi connectivity index (χ4n) is 4.41. The number of carboxylic acids is 1. The molecular formula is C27H24ClF3N6O3. The van der Waals surface area contributed by atoms with Crippen molar-refractivity contribution in [1.82, 2.24) is 10.3 Å². The Morgan fingerprint density at radius 3 is 2.48 bits per heavy atom. The van der Waals surface area contributed by atoms with Crippen LogP contribution in [-0.4, -0.2) is 48.3 Å². The molecule has 0 saturated carbocycles. The molecule has 1 aliphatic rings. The van der Waals surface area contributed by atoms with Crippen molar-refractivity contribution in [3.8, 4) is 17.2 Å². The number of anilines is 4. The molecule has 3 aromatic rings. The second kappa shape index (κ2) is 12.2. The zero-order valence-corrected chi connectivity index (χ0v) is 22.0. The van der Waals surface area contributed by atoms with Crippen molar-refractivity contribution >= 4 is 46.5 Å². The lowest BCUT2D eigenvalue weighted by Crippen LogP contribution is -2.41. The van der Waals surface area contributed by atoms with Gasteiger partial charge in [-0.2, -0.15) is 5.26 Å². The Balaban J connectivity index is 1.73. The summed E-state index contributed by atoms with van der Waals surface area (Å²) in [7, 11) is 0. The number of hydrogen-bond donors (Lipinski definition) is 3. The maximum absolute atomic E-state index is 15.6. The lowest BCUT2D eigenvalue weighted by molar-refractivity contribution is -0.137. The fraction of sp³-hybridized carbons (Fsp3) is 0.259. The maximum atomic E-state index is 15.6. The van der Waals surface area contributed by atoms with Gasteiger partial charge in [0.05, 0.1) is 22.3 Å². The molecule has 0 spiro atoms. The summed E-state index contributed by atoms with van der Waals surface area (Å²) in [5.41, 5.74) is -1.14. The summed E-state index contributed by atoms with van der Waals surface area (Å²) in [5, 5.41) is 24.2. The van der Waals surface area contributed by atoms with Gasteiger partial charge in [0.15, 0.2) is 11.6 Å². The number of carboxylic acid groups (broad SMARTS) is 1. The van der Waals surface area contributed by atoms with E-state index in [1.807, 2.05) is 0 Å². The highest BCUT2D eigenvalue weighted by Gasteiger charge is 2.37. The van der Waals surface area contributed by atoms with Gasteiger partial charge >= 0.3 is 12.0 Å². The predicted molar refractivity (Wildman–Crippen MR) is 144 cm³/mol. The third kappa shape index (κ3) is 5.80. The largest absolute Gasteiger partial charge is 0.481 e. The minimum Gasteiger partial charge on any atom is -0.481 e. The molecule has 0 fully saturated rings. The molecule has 1 aromatic heterocycles.